The Labute approximate surface area is 180 Å². The number of benzene rings is 2. The van der Waals surface area contributed by atoms with Gasteiger partial charge in [0.25, 0.3) is 0 Å². The van der Waals surface area contributed by atoms with E-state index in [1.54, 1.807) is 36.4 Å². The Hall–Kier alpha value is -2.50. The zero-order valence-electron chi connectivity index (χ0n) is 17.0. The van der Waals surface area contributed by atoms with Crippen LogP contribution in [0.15, 0.2) is 53.4 Å². The van der Waals surface area contributed by atoms with Crippen molar-refractivity contribution in [3.8, 4) is 16.9 Å². The highest BCUT2D eigenvalue weighted by molar-refractivity contribution is 7.90. The third-order valence-electron chi connectivity index (χ3n) is 4.95. The van der Waals surface area contributed by atoms with Gasteiger partial charge in [0.15, 0.2) is 9.84 Å². The Bertz CT molecular complexity index is 1040. The number of para-hydroxylation sites is 1. The molecule has 1 aliphatic rings. The molecule has 0 aromatic heterocycles. The summed E-state index contributed by atoms with van der Waals surface area (Å²) in [5.41, 5.74) is 1.13. The van der Waals surface area contributed by atoms with E-state index in [4.69, 9.17) is 9.47 Å². The first-order chi connectivity index (χ1) is 14.6. The van der Waals surface area contributed by atoms with Gasteiger partial charge in [-0.1, -0.05) is 30.3 Å². The molecule has 3 rings (SSSR count). The normalized spacial score (nSPS) is 26.3. The van der Waals surface area contributed by atoms with Gasteiger partial charge in [0.2, 0.25) is 12.2 Å². The van der Waals surface area contributed by atoms with Crippen molar-refractivity contribution < 1.29 is 38.0 Å². The van der Waals surface area contributed by atoms with Gasteiger partial charge in [-0.25, -0.2) is 8.42 Å². The summed E-state index contributed by atoms with van der Waals surface area (Å²) < 4.78 is 35.4. The number of ether oxygens (including phenoxy) is 2. The van der Waals surface area contributed by atoms with Gasteiger partial charge in [-0.15, -0.1) is 0 Å². The molecule has 1 aliphatic heterocycles. The Morgan fingerprint density at radius 2 is 1.84 bits per heavy atom. The number of aliphatic hydroxyl groups is 3. The summed E-state index contributed by atoms with van der Waals surface area (Å²) in [5, 5.41) is 32.6. The van der Waals surface area contributed by atoms with E-state index >= 15 is 0 Å². The molecular weight excluding hydrogens is 426 g/mol. The second kappa shape index (κ2) is 9.33. The molecule has 0 aliphatic carbocycles. The van der Waals surface area contributed by atoms with Gasteiger partial charge in [-0.3, -0.25) is 4.79 Å². The maximum atomic E-state index is 11.9. The van der Waals surface area contributed by atoms with Gasteiger partial charge in [-0.05, 0) is 23.8 Å². The maximum absolute atomic E-state index is 11.9. The van der Waals surface area contributed by atoms with Crippen LogP contribution in [0.25, 0.3) is 11.1 Å². The molecule has 168 valence electrons. The Kier molecular flexibility index (Phi) is 6.97. The second-order valence-corrected chi connectivity index (χ2v) is 9.36. The van der Waals surface area contributed by atoms with Crippen LogP contribution in [0.5, 0.6) is 5.75 Å². The Balaban J connectivity index is 1.98. The molecule has 31 heavy (non-hydrogen) atoms. The number of rotatable bonds is 6. The van der Waals surface area contributed by atoms with E-state index in [1.165, 1.54) is 19.1 Å². The summed E-state index contributed by atoms with van der Waals surface area (Å²) in [6.07, 6.45) is -4.10. The first-order valence-corrected chi connectivity index (χ1v) is 11.5. The van der Waals surface area contributed by atoms with Crippen molar-refractivity contribution in [3.05, 3.63) is 48.5 Å². The minimum Gasteiger partial charge on any atom is -0.462 e. The topological polar surface area (TPSA) is 142 Å². The molecule has 10 heteroatoms. The van der Waals surface area contributed by atoms with E-state index in [2.05, 4.69) is 5.32 Å². The van der Waals surface area contributed by atoms with Crippen LogP contribution in [0.4, 0.5) is 0 Å². The standard InChI is InChI=1S/C21H25NO8S/c1-12(24)22-18-20(26)19(25)17(11-23)30-21(18)29-16-9-4-3-8-15(16)13-6-5-7-14(10-13)31(2,27)28/h3-10,17-21,23,25-26H,11H2,1-2H3,(H,22,24). The molecule has 2 aromatic carbocycles. The molecule has 0 spiro atoms. The highest BCUT2D eigenvalue weighted by Gasteiger charge is 2.46. The lowest BCUT2D eigenvalue weighted by Gasteiger charge is -2.42. The molecule has 9 nitrogen and oxygen atoms in total. The van der Waals surface area contributed by atoms with Crippen molar-refractivity contribution >= 4 is 15.7 Å². The first kappa shape index (κ1) is 23.2. The fourth-order valence-corrected chi connectivity index (χ4v) is 4.07. The molecule has 5 unspecified atom stereocenters. The summed E-state index contributed by atoms with van der Waals surface area (Å²) in [6, 6.07) is 12.0. The lowest BCUT2D eigenvalue weighted by atomic mass is 9.96. The average Bonchev–Trinajstić information content (AvgIpc) is 2.73. The average molecular weight is 451 g/mol. The molecule has 1 heterocycles. The van der Waals surface area contributed by atoms with E-state index in [1.807, 2.05) is 0 Å². The van der Waals surface area contributed by atoms with Crippen LogP contribution in [0.2, 0.25) is 0 Å². The molecule has 0 radical (unpaired) electrons. The summed E-state index contributed by atoms with van der Waals surface area (Å²) in [7, 11) is -3.42. The monoisotopic (exact) mass is 451 g/mol. The van der Waals surface area contributed by atoms with E-state index in [0.717, 1.165) is 6.26 Å². The van der Waals surface area contributed by atoms with Crippen LogP contribution in [-0.4, -0.2) is 73.2 Å². The molecule has 1 fully saturated rings. The van der Waals surface area contributed by atoms with Crippen molar-refractivity contribution in [2.24, 2.45) is 0 Å². The smallest absolute Gasteiger partial charge is 0.223 e. The number of aliphatic hydroxyl groups excluding tert-OH is 3. The number of amides is 1. The molecule has 5 atom stereocenters. The van der Waals surface area contributed by atoms with Gasteiger partial charge in [0.1, 0.15) is 30.1 Å². The molecule has 0 bridgehead atoms. The fourth-order valence-electron chi connectivity index (χ4n) is 3.40. The highest BCUT2D eigenvalue weighted by Crippen LogP contribution is 2.33. The quantitative estimate of drug-likeness (QED) is 0.484. The molecule has 1 amide bonds. The number of nitrogens with one attached hydrogen (secondary N) is 1. The minimum atomic E-state index is -3.42. The van der Waals surface area contributed by atoms with Crippen LogP contribution in [-0.2, 0) is 19.4 Å². The van der Waals surface area contributed by atoms with Gasteiger partial charge in [-0.2, -0.15) is 0 Å². The van der Waals surface area contributed by atoms with E-state index < -0.39 is 53.0 Å². The van der Waals surface area contributed by atoms with Gasteiger partial charge >= 0.3 is 0 Å². The zero-order chi connectivity index (χ0) is 22.8. The Morgan fingerprint density at radius 1 is 1.13 bits per heavy atom. The van der Waals surface area contributed by atoms with Gasteiger partial charge in [0.05, 0.1) is 11.5 Å². The summed E-state index contributed by atoms with van der Waals surface area (Å²) in [4.78, 5) is 11.8. The predicted molar refractivity (Wildman–Crippen MR) is 111 cm³/mol. The summed E-state index contributed by atoms with van der Waals surface area (Å²) in [5.74, 6) is -0.168. The van der Waals surface area contributed by atoms with Crippen LogP contribution >= 0.6 is 0 Å². The molecular formula is C21H25NO8S. The number of hydrogen-bond donors (Lipinski definition) is 4. The van der Waals surface area contributed by atoms with Crippen LogP contribution < -0.4 is 10.1 Å². The van der Waals surface area contributed by atoms with Crippen molar-refractivity contribution in [1.82, 2.24) is 5.32 Å². The van der Waals surface area contributed by atoms with Gasteiger partial charge < -0.3 is 30.1 Å². The fraction of sp³-hybridized carbons (Fsp3) is 0.381. The third kappa shape index (κ3) is 5.23. The van der Waals surface area contributed by atoms with Gasteiger partial charge in [0, 0.05) is 18.7 Å². The lowest BCUT2D eigenvalue weighted by molar-refractivity contribution is -0.244. The van der Waals surface area contributed by atoms with Crippen LogP contribution in [0, 0.1) is 0 Å². The summed E-state index contributed by atoms with van der Waals surface area (Å²) in [6.45, 7) is 0.682. The first-order valence-electron chi connectivity index (χ1n) is 9.57. The molecule has 1 saturated heterocycles. The molecule has 0 saturated carbocycles. The maximum Gasteiger partial charge on any atom is 0.223 e. The van der Waals surface area contributed by atoms with E-state index in [-0.39, 0.29) is 4.90 Å². The number of hydrogen-bond acceptors (Lipinski definition) is 8. The third-order valence-corrected chi connectivity index (χ3v) is 6.06. The number of carbonyl (C=O) groups excluding carboxylic acids is 1. The van der Waals surface area contributed by atoms with Crippen molar-refractivity contribution in [3.63, 3.8) is 0 Å². The van der Waals surface area contributed by atoms with E-state index in [0.29, 0.717) is 16.9 Å². The number of carbonyl (C=O) groups is 1. The molecule has 4 N–H and O–H groups in total. The number of sulfone groups is 1. The van der Waals surface area contributed by atoms with Crippen molar-refractivity contribution in [2.45, 2.75) is 42.5 Å². The SMILES string of the molecule is CC(=O)NC1C(Oc2ccccc2-c2cccc(S(C)(=O)=O)c2)OC(CO)C(O)C1O. The van der Waals surface area contributed by atoms with Crippen LogP contribution in [0.1, 0.15) is 6.92 Å². The van der Waals surface area contributed by atoms with Crippen LogP contribution in [0.3, 0.4) is 0 Å². The zero-order valence-corrected chi connectivity index (χ0v) is 17.8. The lowest BCUT2D eigenvalue weighted by Crippen LogP contribution is -2.65. The van der Waals surface area contributed by atoms with Crippen molar-refractivity contribution in [1.29, 1.82) is 0 Å². The van der Waals surface area contributed by atoms with E-state index in [9.17, 15) is 28.5 Å². The minimum absolute atomic E-state index is 0.142. The van der Waals surface area contributed by atoms with Crippen molar-refractivity contribution in [2.75, 3.05) is 12.9 Å². The summed E-state index contributed by atoms with van der Waals surface area (Å²) >= 11 is 0. The predicted octanol–water partition coefficient (Wildman–Crippen LogP) is 0.0796. The molecule has 2 aromatic rings. The highest BCUT2D eigenvalue weighted by atomic mass is 32.2. The largest absolute Gasteiger partial charge is 0.462 e. The Morgan fingerprint density at radius 3 is 2.48 bits per heavy atom. The second-order valence-electron chi connectivity index (χ2n) is 7.35.